The Hall–Kier alpha value is -0.423. The summed E-state index contributed by atoms with van der Waals surface area (Å²) in [4.78, 5) is 0. The molecule has 1 aliphatic carbocycles. The molecule has 4 heteroatoms. The Bertz CT molecular complexity index is 233. The minimum atomic E-state index is -2.53. The second kappa shape index (κ2) is 4.19. The summed E-state index contributed by atoms with van der Waals surface area (Å²) in [6.07, 6.45) is 5.06. The van der Waals surface area contributed by atoms with Crippen molar-refractivity contribution in [3.63, 3.8) is 0 Å². The first-order valence-corrected chi connectivity index (χ1v) is 5.95. The van der Waals surface area contributed by atoms with Gasteiger partial charge in [-0.15, -0.1) is 0 Å². The van der Waals surface area contributed by atoms with Crippen LogP contribution in [-0.2, 0) is 13.3 Å². The molecule has 0 aromatic heterocycles. The number of allylic oxidation sites excluding steroid dienone is 4. The van der Waals surface area contributed by atoms with E-state index >= 15 is 0 Å². The van der Waals surface area contributed by atoms with Crippen LogP contribution in [0.1, 0.15) is 13.3 Å². The van der Waals surface area contributed by atoms with Crippen molar-refractivity contribution in [2.24, 2.45) is 0 Å². The summed E-state index contributed by atoms with van der Waals surface area (Å²) in [5.74, 6) is 0. The molecule has 0 saturated heterocycles. The molecule has 74 valence electrons. The summed E-state index contributed by atoms with van der Waals surface area (Å²) in [6.45, 7) is 2.05. The van der Waals surface area contributed by atoms with E-state index in [9.17, 15) is 0 Å². The van der Waals surface area contributed by atoms with Gasteiger partial charge in [0.2, 0.25) is 0 Å². The molecule has 0 saturated carbocycles. The van der Waals surface area contributed by atoms with Crippen molar-refractivity contribution in [1.82, 2.24) is 0 Å². The molecular weight excluding hydrogens is 184 g/mol. The van der Waals surface area contributed by atoms with E-state index in [0.29, 0.717) is 0 Å². The summed E-state index contributed by atoms with van der Waals surface area (Å²) in [6, 6.07) is 0. The monoisotopic (exact) mass is 200 g/mol. The minimum Gasteiger partial charge on any atom is -0.374 e. The predicted molar refractivity (Wildman–Crippen MR) is 53.2 cm³/mol. The third-order valence-electron chi connectivity index (χ3n) is 2.34. The van der Waals surface area contributed by atoms with Crippen molar-refractivity contribution in [3.8, 4) is 0 Å². The smallest absolute Gasteiger partial charge is 0.374 e. The van der Waals surface area contributed by atoms with Gasteiger partial charge in [-0.2, -0.15) is 0 Å². The van der Waals surface area contributed by atoms with Crippen LogP contribution < -0.4 is 0 Å². The lowest BCUT2D eigenvalue weighted by Gasteiger charge is -2.26. The molecule has 0 fully saturated rings. The Kier molecular flexibility index (Phi) is 3.44. The fourth-order valence-corrected chi connectivity index (χ4v) is 3.77. The molecule has 0 aromatic rings. The quantitative estimate of drug-likeness (QED) is 0.646. The van der Waals surface area contributed by atoms with Gasteiger partial charge in [-0.3, -0.25) is 0 Å². The highest BCUT2D eigenvalue weighted by molar-refractivity contribution is 6.69. The van der Waals surface area contributed by atoms with Crippen LogP contribution in [0.5, 0.6) is 0 Å². The largest absolute Gasteiger partial charge is 0.532 e. The normalized spacial score (nSPS) is 17.2. The molecule has 1 aliphatic rings. The van der Waals surface area contributed by atoms with E-state index in [1.807, 2.05) is 0 Å². The molecule has 13 heavy (non-hydrogen) atoms. The van der Waals surface area contributed by atoms with Gasteiger partial charge in [0.05, 0.1) is 0 Å². The molecule has 0 bridgehead atoms. The molecule has 0 aromatic carbocycles. The first-order chi connectivity index (χ1) is 6.20. The highest BCUT2D eigenvalue weighted by Gasteiger charge is 2.44. The van der Waals surface area contributed by atoms with Gasteiger partial charge in [-0.1, -0.05) is 12.2 Å². The fourth-order valence-electron chi connectivity index (χ4n) is 1.60. The van der Waals surface area contributed by atoms with Crippen LogP contribution in [0.3, 0.4) is 0 Å². The molecule has 0 atom stereocenters. The zero-order valence-corrected chi connectivity index (χ0v) is 9.59. The van der Waals surface area contributed by atoms with Gasteiger partial charge >= 0.3 is 8.80 Å². The van der Waals surface area contributed by atoms with Crippen molar-refractivity contribution >= 4 is 8.80 Å². The number of hydrogen-bond acceptors (Lipinski definition) is 3. The summed E-state index contributed by atoms with van der Waals surface area (Å²) in [5.41, 5.74) is 1.21. The highest BCUT2D eigenvalue weighted by atomic mass is 28.4. The Morgan fingerprint density at radius 1 is 1.15 bits per heavy atom. The van der Waals surface area contributed by atoms with Crippen LogP contribution in [0.4, 0.5) is 0 Å². The van der Waals surface area contributed by atoms with Crippen molar-refractivity contribution in [2.45, 2.75) is 13.3 Å². The molecule has 0 unspecified atom stereocenters. The molecule has 0 radical (unpaired) electrons. The molecule has 0 spiro atoms. The molecule has 0 amide bonds. The van der Waals surface area contributed by atoms with E-state index in [0.717, 1.165) is 6.42 Å². The molecule has 3 nitrogen and oxygen atoms in total. The van der Waals surface area contributed by atoms with Crippen LogP contribution in [-0.4, -0.2) is 30.1 Å². The van der Waals surface area contributed by atoms with E-state index < -0.39 is 8.80 Å². The van der Waals surface area contributed by atoms with Gasteiger partial charge in [0.1, 0.15) is 0 Å². The zero-order valence-electron chi connectivity index (χ0n) is 8.59. The Balaban J connectivity index is 2.95. The van der Waals surface area contributed by atoms with E-state index in [4.69, 9.17) is 13.3 Å². The van der Waals surface area contributed by atoms with Crippen LogP contribution in [0.15, 0.2) is 22.9 Å². The lowest BCUT2D eigenvalue weighted by atomic mass is 10.3. The minimum absolute atomic E-state index is 0.883. The van der Waals surface area contributed by atoms with Gasteiger partial charge in [0, 0.05) is 26.5 Å². The van der Waals surface area contributed by atoms with Crippen molar-refractivity contribution in [1.29, 1.82) is 0 Å². The summed E-state index contributed by atoms with van der Waals surface area (Å²) < 4.78 is 16.2. The van der Waals surface area contributed by atoms with Gasteiger partial charge in [-0.05, 0) is 18.9 Å². The van der Waals surface area contributed by atoms with Crippen molar-refractivity contribution in [3.05, 3.63) is 22.9 Å². The first kappa shape index (κ1) is 10.7. The molecular formula is C9H16O3Si. The van der Waals surface area contributed by atoms with Gasteiger partial charge in [0.15, 0.2) is 0 Å². The zero-order chi connectivity index (χ0) is 9.90. The fraction of sp³-hybridized carbons (Fsp3) is 0.556. The van der Waals surface area contributed by atoms with E-state index in [1.54, 1.807) is 21.3 Å². The maximum Gasteiger partial charge on any atom is 0.532 e. The third kappa shape index (κ3) is 1.76. The standard InChI is InChI=1S/C9H16O3Si/c1-8-6-5-7-9(8)13(10-2,11-3)12-4/h5-6H,7H2,1-4H3. The van der Waals surface area contributed by atoms with Crippen molar-refractivity contribution < 1.29 is 13.3 Å². The van der Waals surface area contributed by atoms with Crippen LogP contribution in [0.25, 0.3) is 0 Å². The molecule has 0 N–H and O–H groups in total. The van der Waals surface area contributed by atoms with Crippen molar-refractivity contribution in [2.75, 3.05) is 21.3 Å². The van der Waals surface area contributed by atoms with Gasteiger partial charge in [-0.25, -0.2) is 0 Å². The molecule has 0 aliphatic heterocycles. The second-order valence-corrected chi connectivity index (χ2v) is 5.88. The average Bonchev–Trinajstić information content (AvgIpc) is 2.57. The first-order valence-electron chi connectivity index (χ1n) is 4.22. The summed E-state index contributed by atoms with van der Waals surface area (Å²) in [5, 5.41) is 1.17. The predicted octanol–water partition coefficient (Wildman–Crippen LogP) is 1.68. The summed E-state index contributed by atoms with van der Waals surface area (Å²) in [7, 11) is 2.38. The van der Waals surface area contributed by atoms with Crippen LogP contribution in [0, 0.1) is 0 Å². The SMILES string of the molecule is CO[Si](OC)(OC)C1=C(C)C=CC1. The van der Waals surface area contributed by atoms with Gasteiger partial charge in [0.25, 0.3) is 0 Å². The topological polar surface area (TPSA) is 27.7 Å². The van der Waals surface area contributed by atoms with E-state index in [-0.39, 0.29) is 0 Å². The molecule has 1 rings (SSSR count). The summed E-state index contributed by atoms with van der Waals surface area (Å²) >= 11 is 0. The van der Waals surface area contributed by atoms with E-state index in [2.05, 4.69) is 19.1 Å². The third-order valence-corrected chi connectivity index (χ3v) is 5.29. The van der Waals surface area contributed by atoms with Gasteiger partial charge < -0.3 is 13.3 Å². The van der Waals surface area contributed by atoms with Crippen LogP contribution in [0.2, 0.25) is 0 Å². The maximum atomic E-state index is 5.39. The lowest BCUT2D eigenvalue weighted by Crippen LogP contribution is -2.45. The lowest BCUT2D eigenvalue weighted by molar-refractivity contribution is 0.134. The number of hydrogen-bond donors (Lipinski definition) is 0. The maximum absolute atomic E-state index is 5.39. The Labute approximate surface area is 80.4 Å². The molecule has 0 heterocycles. The highest BCUT2D eigenvalue weighted by Crippen LogP contribution is 2.29. The average molecular weight is 200 g/mol. The Morgan fingerprint density at radius 3 is 2.00 bits per heavy atom. The Morgan fingerprint density at radius 2 is 1.69 bits per heavy atom. The second-order valence-electron chi connectivity index (χ2n) is 2.94. The van der Waals surface area contributed by atoms with E-state index in [1.165, 1.54) is 10.8 Å². The number of rotatable bonds is 4. The van der Waals surface area contributed by atoms with Crippen LogP contribution >= 0.6 is 0 Å².